The molecule has 12 heteroatoms. The van der Waals surface area contributed by atoms with E-state index in [9.17, 15) is 19.7 Å². The van der Waals surface area contributed by atoms with Crippen LogP contribution in [0.4, 0.5) is 11.4 Å². The standard InChI is InChI=1S/C12H9NO5S.C12H11NO3S/c1-18-11-7(3-2-4-8(11)13(16)17)9-5-6-10(19-9)12(14)15;1-16-11-7(3-2-4-8(11)13)9-5-6-10(17-9)12(14)15/h2-6H,1H3,(H,14,15);2-6H,13H2,1H3,(H,14,15). The van der Waals surface area contributed by atoms with Crippen molar-refractivity contribution in [2.24, 2.45) is 0 Å². The highest BCUT2D eigenvalue weighted by Gasteiger charge is 2.21. The van der Waals surface area contributed by atoms with Crippen LogP contribution in [0.15, 0.2) is 60.7 Å². The molecule has 0 aliphatic carbocycles. The highest BCUT2D eigenvalue weighted by atomic mass is 32.1. The molecule has 0 spiro atoms. The highest BCUT2D eigenvalue weighted by molar-refractivity contribution is 7.17. The van der Waals surface area contributed by atoms with Gasteiger partial charge in [0.25, 0.3) is 0 Å². The number of para-hydroxylation sites is 2. The number of carbonyl (C=O) groups is 2. The first kappa shape index (κ1) is 26.2. The molecule has 0 atom stereocenters. The Morgan fingerprint density at radius 2 is 1.28 bits per heavy atom. The summed E-state index contributed by atoms with van der Waals surface area (Å²) in [5.41, 5.74) is 7.51. The second-order valence-electron chi connectivity index (χ2n) is 6.98. The molecule has 0 aliphatic heterocycles. The van der Waals surface area contributed by atoms with Gasteiger partial charge in [-0.15, -0.1) is 22.7 Å². The minimum atomic E-state index is -1.03. The molecular weight excluding hydrogens is 508 g/mol. The lowest BCUT2D eigenvalue weighted by molar-refractivity contribution is -0.385. The molecule has 0 unspecified atom stereocenters. The molecule has 0 aliphatic rings. The summed E-state index contributed by atoms with van der Waals surface area (Å²) in [6.07, 6.45) is 0. The first-order valence-corrected chi connectivity index (χ1v) is 11.7. The van der Waals surface area contributed by atoms with Gasteiger partial charge in [0.05, 0.1) is 24.8 Å². The van der Waals surface area contributed by atoms with Gasteiger partial charge in [-0.25, -0.2) is 9.59 Å². The number of benzene rings is 2. The van der Waals surface area contributed by atoms with Crippen molar-refractivity contribution in [3.63, 3.8) is 0 Å². The van der Waals surface area contributed by atoms with Gasteiger partial charge in [0.1, 0.15) is 15.5 Å². The molecule has 10 nitrogen and oxygen atoms in total. The SMILES string of the molecule is COc1c(-c2ccc(C(=O)O)s2)cccc1[N+](=O)[O-].COc1c(N)cccc1-c1ccc(C(=O)O)s1. The number of ether oxygens (including phenoxy) is 2. The van der Waals surface area contributed by atoms with E-state index < -0.39 is 16.9 Å². The number of nitro groups is 1. The zero-order chi connectivity index (χ0) is 26.4. The lowest BCUT2D eigenvalue weighted by Gasteiger charge is -2.08. The number of thiophene rings is 2. The van der Waals surface area contributed by atoms with Gasteiger partial charge in [0.15, 0.2) is 0 Å². The van der Waals surface area contributed by atoms with E-state index >= 15 is 0 Å². The van der Waals surface area contributed by atoms with Crippen molar-refractivity contribution in [3.05, 3.63) is 80.5 Å². The lowest BCUT2D eigenvalue weighted by atomic mass is 10.1. The van der Waals surface area contributed by atoms with Crippen molar-refractivity contribution in [1.29, 1.82) is 0 Å². The number of methoxy groups -OCH3 is 2. The topological polar surface area (TPSA) is 162 Å². The van der Waals surface area contributed by atoms with Gasteiger partial charge in [0.2, 0.25) is 5.75 Å². The number of nitrogen functional groups attached to an aromatic ring is 1. The molecule has 2 aromatic carbocycles. The van der Waals surface area contributed by atoms with Gasteiger partial charge in [-0.2, -0.15) is 0 Å². The molecule has 0 saturated heterocycles. The number of aromatic carboxylic acids is 2. The van der Waals surface area contributed by atoms with Crippen molar-refractivity contribution < 1.29 is 34.2 Å². The third-order valence-corrected chi connectivity index (χ3v) is 7.02. The minimum absolute atomic E-state index is 0.131. The maximum absolute atomic E-state index is 10.9. The molecule has 186 valence electrons. The summed E-state index contributed by atoms with van der Waals surface area (Å²) in [6.45, 7) is 0. The van der Waals surface area contributed by atoms with E-state index in [2.05, 4.69) is 0 Å². The van der Waals surface area contributed by atoms with E-state index in [1.54, 1.807) is 37.4 Å². The van der Waals surface area contributed by atoms with Crippen molar-refractivity contribution in [3.8, 4) is 32.4 Å². The van der Waals surface area contributed by atoms with E-state index in [1.807, 2.05) is 12.1 Å². The Morgan fingerprint density at radius 1 is 0.806 bits per heavy atom. The van der Waals surface area contributed by atoms with Crippen LogP contribution in [0.3, 0.4) is 0 Å². The highest BCUT2D eigenvalue weighted by Crippen LogP contribution is 2.40. The van der Waals surface area contributed by atoms with Gasteiger partial charge in [-0.1, -0.05) is 12.1 Å². The van der Waals surface area contributed by atoms with Gasteiger partial charge < -0.3 is 25.4 Å². The molecule has 0 radical (unpaired) electrons. The molecule has 2 aromatic heterocycles. The van der Waals surface area contributed by atoms with E-state index in [0.717, 1.165) is 21.8 Å². The Hall–Kier alpha value is -4.42. The third-order valence-electron chi connectivity index (χ3n) is 4.81. The smallest absolute Gasteiger partial charge is 0.345 e. The molecule has 0 fully saturated rings. The Labute approximate surface area is 212 Å². The maximum Gasteiger partial charge on any atom is 0.345 e. The van der Waals surface area contributed by atoms with Gasteiger partial charge in [0, 0.05) is 26.9 Å². The number of carboxylic acid groups (broad SMARTS) is 2. The van der Waals surface area contributed by atoms with Crippen LogP contribution >= 0.6 is 22.7 Å². The number of nitro benzene ring substituents is 1. The van der Waals surface area contributed by atoms with Crippen LogP contribution in [0.2, 0.25) is 0 Å². The monoisotopic (exact) mass is 528 g/mol. The number of hydrogen-bond donors (Lipinski definition) is 3. The first-order chi connectivity index (χ1) is 17.2. The van der Waals surface area contributed by atoms with Crippen molar-refractivity contribution in [1.82, 2.24) is 0 Å². The fraction of sp³-hybridized carbons (Fsp3) is 0.0833. The molecule has 0 saturated carbocycles. The second-order valence-corrected chi connectivity index (χ2v) is 9.15. The number of carboxylic acids is 2. The normalized spacial score (nSPS) is 10.2. The third kappa shape index (κ3) is 5.62. The Kier molecular flexibility index (Phi) is 8.25. The summed E-state index contributed by atoms with van der Waals surface area (Å²) in [7, 11) is 2.89. The Balaban J connectivity index is 0.000000202. The fourth-order valence-electron chi connectivity index (χ4n) is 3.25. The van der Waals surface area contributed by atoms with E-state index in [0.29, 0.717) is 26.8 Å². The summed E-state index contributed by atoms with van der Waals surface area (Å²) >= 11 is 2.24. The van der Waals surface area contributed by atoms with Crippen LogP contribution in [0.1, 0.15) is 19.3 Å². The number of hydrogen-bond acceptors (Lipinski definition) is 9. The van der Waals surface area contributed by atoms with Crippen LogP contribution < -0.4 is 15.2 Å². The molecular formula is C24H20N2O8S2. The predicted octanol–water partition coefficient (Wildman–Crippen LogP) is 5.73. The summed E-state index contributed by atoms with van der Waals surface area (Å²) in [5, 5.41) is 28.7. The quantitative estimate of drug-likeness (QED) is 0.154. The van der Waals surface area contributed by atoms with Crippen LogP contribution in [0, 0.1) is 10.1 Å². The molecule has 0 amide bonds. The number of nitrogens with zero attached hydrogens (tertiary/aromatic N) is 1. The molecule has 4 aromatic rings. The van der Waals surface area contributed by atoms with Crippen LogP contribution in [0.25, 0.3) is 20.9 Å². The largest absolute Gasteiger partial charge is 0.494 e. The number of rotatable bonds is 7. The molecule has 0 bridgehead atoms. The first-order valence-electron chi connectivity index (χ1n) is 10.1. The lowest BCUT2D eigenvalue weighted by Crippen LogP contribution is -1.95. The van der Waals surface area contributed by atoms with E-state index in [1.165, 1.54) is 36.6 Å². The molecule has 2 heterocycles. The Morgan fingerprint density at radius 3 is 1.69 bits per heavy atom. The summed E-state index contributed by atoms with van der Waals surface area (Å²) in [5.74, 6) is -1.25. The van der Waals surface area contributed by atoms with Crippen molar-refractivity contribution in [2.75, 3.05) is 20.0 Å². The zero-order valence-electron chi connectivity index (χ0n) is 19.0. The fourth-order valence-corrected chi connectivity index (χ4v) is 4.98. The van der Waals surface area contributed by atoms with Crippen LogP contribution in [-0.2, 0) is 0 Å². The summed E-state index contributed by atoms with van der Waals surface area (Å²) in [6, 6.07) is 16.3. The molecule has 36 heavy (non-hydrogen) atoms. The van der Waals surface area contributed by atoms with E-state index in [-0.39, 0.29) is 16.3 Å². The predicted molar refractivity (Wildman–Crippen MR) is 138 cm³/mol. The van der Waals surface area contributed by atoms with Gasteiger partial charge >= 0.3 is 17.6 Å². The zero-order valence-corrected chi connectivity index (χ0v) is 20.6. The van der Waals surface area contributed by atoms with Crippen molar-refractivity contribution in [2.45, 2.75) is 0 Å². The van der Waals surface area contributed by atoms with Gasteiger partial charge in [-0.05, 0) is 42.5 Å². The molecule has 4 rings (SSSR count). The van der Waals surface area contributed by atoms with Crippen LogP contribution in [0.5, 0.6) is 11.5 Å². The Bertz CT molecular complexity index is 1430. The average Bonchev–Trinajstić information content (AvgIpc) is 3.54. The summed E-state index contributed by atoms with van der Waals surface area (Å²) < 4.78 is 10.3. The number of nitrogens with two attached hydrogens (primary N) is 1. The number of anilines is 1. The summed E-state index contributed by atoms with van der Waals surface area (Å²) in [4.78, 5) is 33.9. The van der Waals surface area contributed by atoms with Gasteiger partial charge in [-0.3, -0.25) is 10.1 Å². The minimum Gasteiger partial charge on any atom is -0.494 e. The van der Waals surface area contributed by atoms with E-state index in [4.69, 9.17) is 25.4 Å². The average molecular weight is 529 g/mol. The second kappa shape index (κ2) is 11.3. The van der Waals surface area contributed by atoms with Crippen molar-refractivity contribution >= 4 is 46.0 Å². The maximum atomic E-state index is 10.9. The van der Waals surface area contributed by atoms with Crippen LogP contribution in [-0.4, -0.2) is 41.3 Å². The molecule has 4 N–H and O–H groups in total.